The fraction of sp³-hybridized carbons (Fsp3) is 0.533. The zero-order valence-electron chi connectivity index (χ0n) is 11.7. The summed E-state index contributed by atoms with van der Waals surface area (Å²) in [4.78, 5) is 12.0. The van der Waals surface area contributed by atoms with Crippen molar-refractivity contribution in [3.05, 3.63) is 29.3 Å². The number of carbonyl (C=O) groups excluding carboxylic acids is 1. The van der Waals surface area contributed by atoms with E-state index < -0.39 is 6.10 Å². The smallest absolute Gasteiger partial charge is 0.260 e. The van der Waals surface area contributed by atoms with Gasteiger partial charge in [-0.05, 0) is 50.9 Å². The van der Waals surface area contributed by atoms with Crippen molar-refractivity contribution in [3.63, 3.8) is 0 Å². The number of amides is 1. The van der Waals surface area contributed by atoms with E-state index in [2.05, 4.69) is 10.6 Å². The summed E-state index contributed by atoms with van der Waals surface area (Å²) in [5.74, 6) is 0.951. The first kappa shape index (κ1) is 15.1. The molecule has 1 aliphatic heterocycles. The Bertz CT molecular complexity index is 447. The summed E-state index contributed by atoms with van der Waals surface area (Å²) >= 11 is 6.01. The molecule has 1 saturated heterocycles. The number of hydrogen-bond donors (Lipinski definition) is 2. The van der Waals surface area contributed by atoms with Gasteiger partial charge in [-0.1, -0.05) is 23.7 Å². The van der Waals surface area contributed by atoms with Crippen LogP contribution in [0.5, 0.6) is 5.75 Å². The Labute approximate surface area is 124 Å². The maximum absolute atomic E-state index is 12.0. The molecule has 1 aromatic rings. The number of rotatable bonds is 5. The zero-order chi connectivity index (χ0) is 14.4. The average Bonchev–Trinajstić information content (AvgIpc) is 2.48. The van der Waals surface area contributed by atoms with Gasteiger partial charge in [-0.2, -0.15) is 0 Å². The van der Waals surface area contributed by atoms with Crippen LogP contribution in [0.3, 0.4) is 0 Å². The van der Waals surface area contributed by atoms with Crippen molar-refractivity contribution < 1.29 is 9.53 Å². The molecule has 2 unspecified atom stereocenters. The average molecular weight is 297 g/mol. The number of carbonyl (C=O) groups is 1. The fourth-order valence-corrected chi connectivity index (χ4v) is 2.45. The Hall–Kier alpha value is -1.26. The summed E-state index contributed by atoms with van der Waals surface area (Å²) in [6.45, 7) is 4.48. The summed E-state index contributed by atoms with van der Waals surface area (Å²) in [6, 6.07) is 7.17. The maximum atomic E-state index is 12.0. The molecule has 2 N–H and O–H groups in total. The van der Waals surface area contributed by atoms with Crippen LogP contribution in [0.2, 0.25) is 5.02 Å². The molecule has 2 rings (SSSR count). The topological polar surface area (TPSA) is 50.4 Å². The van der Waals surface area contributed by atoms with E-state index in [1.54, 1.807) is 19.1 Å². The summed E-state index contributed by atoms with van der Waals surface area (Å²) in [6.07, 6.45) is 1.78. The van der Waals surface area contributed by atoms with Gasteiger partial charge in [-0.25, -0.2) is 0 Å². The molecule has 4 nitrogen and oxygen atoms in total. The lowest BCUT2D eigenvalue weighted by Gasteiger charge is -2.23. The molecule has 1 amide bonds. The first-order valence-electron chi connectivity index (χ1n) is 7.06. The largest absolute Gasteiger partial charge is 0.479 e. The van der Waals surface area contributed by atoms with Crippen LogP contribution in [0.25, 0.3) is 0 Å². The van der Waals surface area contributed by atoms with Crippen LogP contribution in [-0.2, 0) is 4.79 Å². The minimum Gasteiger partial charge on any atom is -0.479 e. The lowest BCUT2D eigenvalue weighted by Crippen LogP contribution is -2.42. The Morgan fingerprint density at radius 3 is 3.05 bits per heavy atom. The second kappa shape index (κ2) is 7.50. The lowest BCUT2D eigenvalue weighted by molar-refractivity contribution is -0.127. The summed E-state index contributed by atoms with van der Waals surface area (Å²) in [5, 5.41) is 6.80. The van der Waals surface area contributed by atoms with Crippen LogP contribution < -0.4 is 15.4 Å². The van der Waals surface area contributed by atoms with Gasteiger partial charge in [0.15, 0.2) is 6.10 Å². The first-order valence-corrected chi connectivity index (χ1v) is 7.44. The number of piperidine rings is 1. The van der Waals surface area contributed by atoms with E-state index in [1.165, 1.54) is 6.42 Å². The van der Waals surface area contributed by atoms with E-state index in [0.29, 0.717) is 23.2 Å². The molecule has 1 aliphatic rings. The standard InChI is InChI=1S/C15H21ClN2O2/c1-11(20-14-7-3-2-6-13(14)16)15(19)18-10-12-5-4-8-17-9-12/h2-3,6-7,11-12,17H,4-5,8-10H2,1H3,(H,18,19). The molecular weight excluding hydrogens is 276 g/mol. The highest BCUT2D eigenvalue weighted by Gasteiger charge is 2.18. The van der Waals surface area contributed by atoms with Gasteiger partial charge in [0.25, 0.3) is 5.91 Å². The van der Waals surface area contributed by atoms with Crippen LogP contribution in [0.4, 0.5) is 0 Å². The molecule has 0 aromatic heterocycles. The number of nitrogens with one attached hydrogen (secondary N) is 2. The quantitative estimate of drug-likeness (QED) is 0.876. The van der Waals surface area contributed by atoms with Crippen molar-refractivity contribution in [1.82, 2.24) is 10.6 Å². The van der Waals surface area contributed by atoms with E-state index in [1.807, 2.05) is 12.1 Å². The highest BCUT2D eigenvalue weighted by Crippen LogP contribution is 2.24. The number of halogens is 1. The fourth-order valence-electron chi connectivity index (χ4n) is 2.27. The zero-order valence-corrected chi connectivity index (χ0v) is 12.5. The Morgan fingerprint density at radius 1 is 1.55 bits per heavy atom. The minimum atomic E-state index is -0.550. The summed E-state index contributed by atoms with van der Waals surface area (Å²) in [5.41, 5.74) is 0. The van der Waals surface area contributed by atoms with Gasteiger partial charge in [0.2, 0.25) is 0 Å². The Kier molecular flexibility index (Phi) is 5.68. The molecule has 20 heavy (non-hydrogen) atoms. The van der Waals surface area contributed by atoms with Crippen LogP contribution in [0, 0.1) is 5.92 Å². The molecule has 1 fully saturated rings. The number of benzene rings is 1. The third-order valence-electron chi connectivity index (χ3n) is 3.47. The third kappa shape index (κ3) is 4.39. The highest BCUT2D eigenvalue weighted by atomic mass is 35.5. The number of hydrogen-bond acceptors (Lipinski definition) is 3. The van der Waals surface area contributed by atoms with Crippen molar-refractivity contribution in [3.8, 4) is 5.75 Å². The lowest BCUT2D eigenvalue weighted by atomic mass is 10.00. The second-order valence-corrected chi connectivity index (χ2v) is 5.56. The summed E-state index contributed by atoms with van der Waals surface area (Å²) < 4.78 is 5.59. The Morgan fingerprint density at radius 2 is 2.35 bits per heavy atom. The number of ether oxygens (including phenoxy) is 1. The van der Waals surface area contributed by atoms with Crippen molar-refractivity contribution >= 4 is 17.5 Å². The van der Waals surface area contributed by atoms with Crippen molar-refractivity contribution in [2.45, 2.75) is 25.9 Å². The van der Waals surface area contributed by atoms with Gasteiger partial charge in [0, 0.05) is 6.54 Å². The molecule has 1 aromatic carbocycles. The SMILES string of the molecule is CC(Oc1ccccc1Cl)C(=O)NCC1CCCNC1. The molecule has 5 heteroatoms. The van der Waals surface area contributed by atoms with E-state index in [4.69, 9.17) is 16.3 Å². The molecule has 0 aliphatic carbocycles. The van der Waals surface area contributed by atoms with Gasteiger partial charge in [-0.15, -0.1) is 0 Å². The first-order chi connectivity index (χ1) is 9.66. The van der Waals surface area contributed by atoms with E-state index in [-0.39, 0.29) is 5.91 Å². The van der Waals surface area contributed by atoms with Gasteiger partial charge >= 0.3 is 0 Å². The third-order valence-corrected chi connectivity index (χ3v) is 3.79. The Balaban J connectivity index is 1.78. The minimum absolute atomic E-state index is 0.101. The van der Waals surface area contributed by atoms with Crippen LogP contribution in [-0.4, -0.2) is 31.6 Å². The molecule has 0 bridgehead atoms. The molecule has 0 saturated carbocycles. The van der Waals surface area contributed by atoms with E-state index in [0.717, 1.165) is 19.5 Å². The molecule has 1 heterocycles. The van der Waals surface area contributed by atoms with E-state index >= 15 is 0 Å². The van der Waals surface area contributed by atoms with Crippen LogP contribution in [0.15, 0.2) is 24.3 Å². The van der Waals surface area contributed by atoms with Crippen LogP contribution in [0.1, 0.15) is 19.8 Å². The molecule has 110 valence electrons. The maximum Gasteiger partial charge on any atom is 0.260 e. The normalized spacial score (nSPS) is 20.2. The van der Waals surface area contributed by atoms with Gasteiger partial charge in [0.1, 0.15) is 5.75 Å². The monoisotopic (exact) mass is 296 g/mol. The highest BCUT2D eigenvalue weighted by molar-refractivity contribution is 6.32. The molecule has 0 radical (unpaired) electrons. The van der Waals surface area contributed by atoms with Gasteiger partial charge in [0.05, 0.1) is 5.02 Å². The second-order valence-electron chi connectivity index (χ2n) is 5.15. The van der Waals surface area contributed by atoms with Crippen molar-refractivity contribution in [1.29, 1.82) is 0 Å². The van der Waals surface area contributed by atoms with Crippen molar-refractivity contribution in [2.75, 3.05) is 19.6 Å². The van der Waals surface area contributed by atoms with Crippen LogP contribution >= 0.6 is 11.6 Å². The van der Waals surface area contributed by atoms with Gasteiger partial charge in [-0.3, -0.25) is 4.79 Å². The number of para-hydroxylation sites is 1. The predicted molar refractivity (Wildman–Crippen MR) is 80.1 cm³/mol. The van der Waals surface area contributed by atoms with Gasteiger partial charge < -0.3 is 15.4 Å². The molecule has 0 spiro atoms. The van der Waals surface area contributed by atoms with Crippen molar-refractivity contribution in [2.24, 2.45) is 5.92 Å². The molecular formula is C15H21ClN2O2. The summed E-state index contributed by atoms with van der Waals surface area (Å²) in [7, 11) is 0. The van der Waals surface area contributed by atoms with E-state index in [9.17, 15) is 4.79 Å². The molecule has 2 atom stereocenters. The predicted octanol–water partition coefficient (Wildman–Crippen LogP) is 2.22.